The van der Waals surface area contributed by atoms with Gasteiger partial charge in [0.15, 0.2) is 0 Å². The number of anilines is 1. The Morgan fingerprint density at radius 1 is 1.41 bits per heavy atom. The number of nitrogens with one attached hydrogen (secondary N) is 1. The molecule has 1 aromatic rings. The molecule has 17 heavy (non-hydrogen) atoms. The van der Waals surface area contributed by atoms with Gasteiger partial charge in [0.05, 0.1) is 11.3 Å². The topological polar surface area (TPSA) is 64.3 Å². The zero-order valence-corrected chi connectivity index (χ0v) is 8.54. The molecule has 1 aliphatic rings. The highest BCUT2D eigenvalue weighted by atomic mass is 19.4. The second-order valence-electron chi connectivity index (χ2n) is 3.62. The Kier molecular flexibility index (Phi) is 2.70. The summed E-state index contributed by atoms with van der Waals surface area (Å²) in [5.74, 6) is -0.387. The summed E-state index contributed by atoms with van der Waals surface area (Å²) in [4.78, 5) is 11.3. The first-order chi connectivity index (χ1) is 7.88. The number of halogens is 3. The number of amides is 1. The van der Waals surface area contributed by atoms with E-state index in [-0.39, 0.29) is 18.0 Å². The van der Waals surface area contributed by atoms with E-state index in [1.165, 1.54) is 0 Å². The number of alkyl halides is 3. The van der Waals surface area contributed by atoms with Gasteiger partial charge in [0.25, 0.3) is 0 Å². The lowest BCUT2D eigenvalue weighted by Gasteiger charge is -2.11. The van der Waals surface area contributed by atoms with E-state index in [0.29, 0.717) is 0 Å². The third kappa shape index (κ3) is 2.33. The van der Waals surface area contributed by atoms with Gasteiger partial charge in [-0.15, -0.1) is 0 Å². The summed E-state index contributed by atoms with van der Waals surface area (Å²) in [6, 6.07) is 1.99. The largest absolute Gasteiger partial charge is 0.489 e. The van der Waals surface area contributed by atoms with E-state index in [0.717, 1.165) is 18.2 Å². The lowest BCUT2D eigenvalue weighted by atomic mass is 10.2. The van der Waals surface area contributed by atoms with Crippen molar-refractivity contribution in [3.63, 3.8) is 0 Å². The number of ether oxygens (including phenoxy) is 1. The van der Waals surface area contributed by atoms with E-state index in [4.69, 9.17) is 10.5 Å². The Bertz CT molecular complexity index is 459. The number of benzene rings is 1. The molecular weight excluding hydrogens is 237 g/mol. The molecule has 0 radical (unpaired) electrons. The number of carbonyl (C=O) groups is 1. The smallest absolute Gasteiger partial charge is 0.416 e. The van der Waals surface area contributed by atoms with Gasteiger partial charge >= 0.3 is 6.18 Å². The Morgan fingerprint density at radius 3 is 2.76 bits per heavy atom. The first kappa shape index (κ1) is 11.7. The molecule has 0 saturated heterocycles. The number of nitrogens with two attached hydrogens (primary N) is 1. The number of hydrogen-bond donors (Lipinski definition) is 2. The molecule has 92 valence electrons. The van der Waals surface area contributed by atoms with Gasteiger partial charge in [-0.05, 0) is 18.2 Å². The molecule has 1 aromatic carbocycles. The minimum atomic E-state index is -4.46. The molecular formula is C10H9F3N2O2. The summed E-state index contributed by atoms with van der Waals surface area (Å²) in [5.41, 5.74) is 4.56. The summed E-state index contributed by atoms with van der Waals surface area (Å²) >= 11 is 0. The molecule has 1 unspecified atom stereocenters. The van der Waals surface area contributed by atoms with Crippen molar-refractivity contribution in [3.8, 4) is 5.75 Å². The van der Waals surface area contributed by atoms with Crippen molar-refractivity contribution in [2.45, 2.75) is 12.2 Å². The third-order valence-corrected chi connectivity index (χ3v) is 2.32. The molecule has 3 N–H and O–H groups in total. The molecule has 4 nitrogen and oxygen atoms in total. The average Bonchev–Trinajstić information content (AvgIpc) is 2.37. The van der Waals surface area contributed by atoms with Crippen LogP contribution in [0, 0.1) is 0 Å². The standard InChI is InChI=1S/C10H9F3N2O2/c11-10(12,13)5-1-2-8-7(3-5)15-9(16)6(14)4-17-8/h1-3,6H,4,14H2,(H,15,16). The molecule has 7 heteroatoms. The number of hydrogen-bond acceptors (Lipinski definition) is 3. The van der Waals surface area contributed by atoms with Gasteiger partial charge < -0.3 is 15.8 Å². The Labute approximate surface area is 94.5 Å². The third-order valence-electron chi connectivity index (χ3n) is 2.32. The van der Waals surface area contributed by atoms with Crippen LogP contribution in [-0.4, -0.2) is 18.6 Å². The Balaban J connectivity index is 2.39. The molecule has 1 atom stereocenters. The molecule has 0 saturated carbocycles. The summed E-state index contributed by atoms with van der Waals surface area (Å²) in [7, 11) is 0. The van der Waals surface area contributed by atoms with Crippen LogP contribution in [0.3, 0.4) is 0 Å². The summed E-state index contributed by atoms with van der Waals surface area (Å²) in [6.45, 7) is -0.0653. The van der Waals surface area contributed by atoms with Gasteiger partial charge in [-0.3, -0.25) is 4.79 Å². The summed E-state index contributed by atoms with van der Waals surface area (Å²) < 4.78 is 42.5. The highest BCUT2D eigenvalue weighted by molar-refractivity contribution is 5.96. The van der Waals surface area contributed by atoms with Gasteiger partial charge in [-0.2, -0.15) is 13.2 Å². The molecule has 2 rings (SSSR count). The van der Waals surface area contributed by atoms with E-state index >= 15 is 0 Å². The molecule has 1 heterocycles. The van der Waals surface area contributed by atoms with Crippen molar-refractivity contribution < 1.29 is 22.7 Å². The van der Waals surface area contributed by atoms with Gasteiger partial charge in [-0.25, -0.2) is 0 Å². The van der Waals surface area contributed by atoms with E-state index < -0.39 is 23.7 Å². The minimum absolute atomic E-state index is 0.0159. The van der Waals surface area contributed by atoms with E-state index in [9.17, 15) is 18.0 Å². The lowest BCUT2D eigenvalue weighted by Crippen LogP contribution is -2.38. The predicted octanol–water partition coefficient (Wildman–Crippen LogP) is 1.36. The second-order valence-corrected chi connectivity index (χ2v) is 3.62. The lowest BCUT2D eigenvalue weighted by molar-refractivity contribution is -0.137. The maximum atomic E-state index is 12.5. The molecule has 0 aliphatic carbocycles. The summed E-state index contributed by atoms with van der Waals surface area (Å²) in [5, 5.41) is 2.30. The van der Waals surface area contributed by atoms with Gasteiger partial charge in [0, 0.05) is 0 Å². The fourth-order valence-corrected chi connectivity index (χ4v) is 1.41. The van der Waals surface area contributed by atoms with E-state index in [2.05, 4.69) is 5.32 Å². The zero-order valence-electron chi connectivity index (χ0n) is 8.54. The van der Waals surface area contributed by atoms with Crippen molar-refractivity contribution in [1.29, 1.82) is 0 Å². The van der Waals surface area contributed by atoms with Crippen LogP contribution in [0.2, 0.25) is 0 Å². The maximum Gasteiger partial charge on any atom is 0.416 e. The maximum absolute atomic E-state index is 12.5. The molecule has 1 amide bonds. The molecule has 0 spiro atoms. The SMILES string of the molecule is NC1COc2ccc(C(F)(F)F)cc2NC1=O. The van der Waals surface area contributed by atoms with Crippen LogP contribution in [-0.2, 0) is 11.0 Å². The van der Waals surface area contributed by atoms with E-state index in [1.807, 2.05) is 0 Å². The van der Waals surface area contributed by atoms with E-state index in [1.54, 1.807) is 0 Å². The van der Waals surface area contributed by atoms with Crippen LogP contribution in [0.1, 0.15) is 5.56 Å². The van der Waals surface area contributed by atoms with Gasteiger partial charge in [0.2, 0.25) is 5.91 Å². The highest BCUT2D eigenvalue weighted by Crippen LogP contribution is 2.35. The van der Waals surface area contributed by atoms with Gasteiger partial charge in [-0.1, -0.05) is 0 Å². The molecule has 0 aromatic heterocycles. The van der Waals surface area contributed by atoms with Crippen LogP contribution >= 0.6 is 0 Å². The number of fused-ring (bicyclic) bond motifs is 1. The molecule has 1 aliphatic heterocycles. The minimum Gasteiger partial charge on any atom is -0.489 e. The van der Waals surface area contributed by atoms with Crippen molar-refractivity contribution in [1.82, 2.24) is 0 Å². The van der Waals surface area contributed by atoms with Crippen LogP contribution < -0.4 is 15.8 Å². The second kappa shape index (κ2) is 3.92. The predicted molar refractivity (Wildman–Crippen MR) is 53.5 cm³/mol. The number of carbonyl (C=O) groups excluding carboxylic acids is 1. The zero-order chi connectivity index (χ0) is 12.6. The van der Waals surface area contributed by atoms with Crippen molar-refractivity contribution >= 4 is 11.6 Å². The van der Waals surface area contributed by atoms with Crippen molar-refractivity contribution in [2.75, 3.05) is 11.9 Å². The summed E-state index contributed by atoms with van der Waals surface area (Å²) in [6.07, 6.45) is -4.46. The Morgan fingerprint density at radius 2 is 2.12 bits per heavy atom. The van der Waals surface area contributed by atoms with Crippen molar-refractivity contribution in [2.24, 2.45) is 5.73 Å². The van der Waals surface area contributed by atoms with Crippen LogP contribution in [0.5, 0.6) is 5.75 Å². The van der Waals surface area contributed by atoms with Crippen LogP contribution in [0.25, 0.3) is 0 Å². The highest BCUT2D eigenvalue weighted by Gasteiger charge is 2.32. The van der Waals surface area contributed by atoms with Crippen LogP contribution in [0.4, 0.5) is 18.9 Å². The van der Waals surface area contributed by atoms with Gasteiger partial charge in [0.1, 0.15) is 18.4 Å². The van der Waals surface area contributed by atoms with Crippen LogP contribution in [0.15, 0.2) is 18.2 Å². The first-order valence-corrected chi connectivity index (χ1v) is 4.78. The first-order valence-electron chi connectivity index (χ1n) is 4.78. The molecule has 0 fully saturated rings. The Hall–Kier alpha value is -1.76. The monoisotopic (exact) mass is 246 g/mol. The fraction of sp³-hybridized carbons (Fsp3) is 0.300. The molecule has 0 bridgehead atoms. The van der Waals surface area contributed by atoms with Crippen molar-refractivity contribution in [3.05, 3.63) is 23.8 Å². The number of rotatable bonds is 0. The fourth-order valence-electron chi connectivity index (χ4n) is 1.41. The average molecular weight is 246 g/mol. The normalized spacial score (nSPS) is 20.0. The quantitative estimate of drug-likeness (QED) is 0.726.